The topological polar surface area (TPSA) is 61.0 Å². The molecule has 0 unspecified atom stereocenters. The maximum Gasteiger partial charge on any atom is 0.221 e. The van der Waals surface area contributed by atoms with Crippen molar-refractivity contribution in [2.45, 2.75) is 64.8 Å². The summed E-state index contributed by atoms with van der Waals surface area (Å²) in [5, 5.41) is 10.2. The third-order valence-corrected chi connectivity index (χ3v) is 4.29. The van der Waals surface area contributed by atoms with Crippen LogP contribution in [0.4, 0.5) is 0 Å². The molecule has 5 heteroatoms. The van der Waals surface area contributed by atoms with Gasteiger partial charge in [-0.1, -0.05) is 19.3 Å². The van der Waals surface area contributed by atoms with E-state index in [0.29, 0.717) is 6.42 Å². The molecule has 0 aliphatic carbocycles. The first-order valence-electron chi connectivity index (χ1n) is 8.66. The predicted octanol–water partition coefficient (Wildman–Crippen LogP) is 2.42. The van der Waals surface area contributed by atoms with E-state index in [1.54, 1.807) is 0 Å². The van der Waals surface area contributed by atoms with Gasteiger partial charge in [-0.05, 0) is 45.8 Å². The monoisotopic (exact) mass is 306 g/mol. The lowest BCUT2D eigenvalue weighted by Crippen LogP contribution is -2.37. The number of nitrogens with zero attached hydrogens (tertiary/aromatic N) is 2. The zero-order chi connectivity index (χ0) is 15.8. The Bertz CT molecular complexity index is 449. The fraction of sp³-hybridized carbons (Fsp3) is 0.765. The highest BCUT2D eigenvalue weighted by atomic mass is 16.1. The molecule has 0 aromatic carbocycles. The van der Waals surface area contributed by atoms with Crippen molar-refractivity contribution < 1.29 is 4.79 Å². The van der Waals surface area contributed by atoms with Gasteiger partial charge >= 0.3 is 0 Å². The Balaban J connectivity index is 1.65. The Morgan fingerprint density at radius 1 is 1.32 bits per heavy atom. The molecule has 1 fully saturated rings. The second-order valence-electron chi connectivity index (χ2n) is 6.57. The highest BCUT2D eigenvalue weighted by molar-refractivity contribution is 5.76. The Kier molecular flexibility index (Phi) is 6.90. The van der Waals surface area contributed by atoms with Crippen molar-refractivity contribution in [2.24, 2.45) is 0 Å². The van der Waals surface area contributed by atoms with Crippen molar-refractivity contribution in [3.63, 3.8) is 0 Å². The van der Waals surface area contributed by atoms with Gasteiger partial charge in [0.05, 0.1) is 5.69 Å². The van der Waals surface area contributed by atoms with Crippen molar-refractivity contribution in [1.29, 1.82) is 0 Å². The SMILES string of the molecule is Cc1cc(C[C@H](C)NC(=O)CCN2CCCCCCC2)n[nH]1. The lowest BCUT2D eigenvalue weighted by molar-refractivity contribution is -0.122. The van der Waals surface area contributed by atoms with E-state index in [9.17, 15) is 4.79 Å². The molecule has 124 valence electrons. The average Bonchev–Trinajstić information content (AvgIpc) is 2.82. The molecule has 0 bridgehead atoms. The van der Waals surface area contributed by atoms with Gasteiger partial charge in [0, 0.05) is 31.1 Å². The summed E-state index contributed by atoms with van der Waals surface area (Å²) in [6.07, 6.45) is 7.97. The summed E-state index contributed by atoms with van der Waals surface area (Å²) < 4.78 is 0. The zero-order valence-corrected chi connectivity index (χ0v) is 14.0. The standard InChI is InChI=1S/C17H30N4O/c1-14(12-16-13-15(2)19-20-16)18-17(22)8-11-21-9-6-4-3-5-7-10-21/h13-14H,3-12H2,1-2H3,(H,18,22)(H,19,20)/t14-/m0/s1. The summed E-state index contributed by atoms with van der Waals surface area (Å²) in [6.45, 7) is 7.21. The summed E-state index contributed by atoms with van der Waals surface area (Å²) in [4.78, 5) is 14.5. The van der Waals surface area contributed by atoms with Crippen LogP contribution in [0.2, 0.25) is 0 Å². The first-order valence-corrected chi connectivity index (χ1v) is 8.66. The number of amides is 1. The summed E-state index contributed by atoms with van der Waals surface area (Å²) >= 11 is 0. The minimum Gasteiger partial charge on any atom is -0.353 e. The minimum atomic E-state index is 0.127. The molecule has 2 heterocycles. The molecule has 2 N–H and O–H groups in total. The lowest BCUT2D eigenvalue weighted by Gasteiger charge is -2.24. The number of carbonyl (C=O) groups is 1. The molecule has 1 aromatic heterocycles. The Hall–Kier alpha value is -1.36. The van der Waals surface area contributed by atoms with Gasteiger partial charge in [-0.2, -0.15) is 5.10 Å². The normalized spacial score (nSPS) is 18.5. The van der Waals surface area contributed by atoms with Crippen LogP contribution in [0.15, 0.2) is 6.07 Å². The number of rotatable bonds is 6. The van der Waals surface area contributed by atoms with Gasteiger partial charge in [0.2, 0.25) is 5.91 Å². The molecule has 0 spiro atoms. The minimum absolute atomic E-state index is 0.127. The van der Waals surface area contributed by atoms with E-state index in [2.05, 4.69) is 20.4 Å². The molecule has 1 aliphatic rings. The van der Waals surface area contributed by atoms with Crippen LogP contribution in [-0.2, 0) is 11.2 Å². The van der Waals surface area contributed by atoms with Gasteiger partial charge in [-0.25, -0.2) is 0 Å². The van der Waals surface area contributed by atoms with Gasteiger partial charge in [0.1, 0.15) is 0 Å². The molecule has 1 saturated heterocycles. The van der Waals surface area contributed by atoms with Gasteiger partial charge in [-0.15, -0.1) is 0 Å². The van der Waals surface area contributed by atoms with Crippen molar-refractivity contribution in [1.82, 2.24) is 20.4 Å². The number of carbonyl (C=O) groups excluding carboxylic acids is 1. The van der Waals surface area contributed by atoms with Crippen LogP contribution in [0.5, 0.6) is 0 Å². The third-order valence-electron chi connectivity index (χ3n) is 4.29. The number of aryl methyl sites for hydroxylation is 1. The first-order chi connectivity index (χ1) is 10.6. The second-order valence-corrected chi connectivity index (χ2v) is 6.57. The van der Waals surface area contributed by atoms with Crippen LogP contribution in [0.3, 0.4) is 0 Å². The average molecular weight is 306 g/mol. The number of hydrogen-bond donors (Lipinski definition) is 2. The van der Waals surface area contributed by atoms with Crippen LogP contribution in [0.25, 0.3) is 0 Å². The summed E-state index contributed by atoms with van der Waals surface area (Å²) in [5.74, 6) is 0.154. The van der Waals surface area contributed by atoms with Crippen molar-refractivity contribution in [3.8, 4) is 0 Å². The summed E-state index contributed by atoms with van der Waals surface area (Å²) in [6, 6.07) is 2.16. The van der Waals surface area contributed by atoms with Crippen LogP contribution in [-0.4, -0.2) is 46.7 Å². The van der Waals surface area contributed by atoms with Gasteiger partial charge in [0.15, 0.2) is 0 Å². The highest BCUT2D eigenvalue weighted by Crippen LogP contribution is 2.10. The molecule has 5 nitrogen and oxygen atoms in total. The molecular weight excluding hydrogens is 276 g/mol. The quantitative estimate of drug-likeness (QED) is 0.848. The van der Waals surface area contributed by atoms with E-state index in [4.69, 9.17) is 0 Å². The largest absolute Gasteiger partial charge is 0.353 e. The van der Waals surface area contributed by atoms with E-state index < -0.39 is 0 Å². The van der Waals surface area contributed by atoms with Gasteiger partial charge in [-0.3, -0.25) is 9.89 Å². The van der Waals surface area contributed by atoms with Gasteiger partial charge in [0.25, 0.3) is 0 Å². The van der Waals surface area contributed by atoms with Gasteiger partial charge < -0.3 is 10.2 Å². The fourth-order valence-corrected chi connectivity index (χ4v) is 3.09. The number of aromatic amines is 1. The molecule has 1 atom stereocenters. The summed E-state index contributed by atoms with van der Waals surface area (Å²) in [7, 11) is 0. The number of aromatic nitrogens is 2. The lowest BCUT2D eigenvalue weighted by atomic mass is 10.1. The molecule has 0 radical (unpaired) electrons. The van der Waals surface area contributed by atoms with Crippen LogP contribution in [0, 0.1) is 6.92 Å². The molecule has 0 saturated carbocycles. The second kappa shape index (κ2) is 8.93. The van der Waals surface area contributed by atoms with Crippen LogP contribution < -0.4 is 5.32 Å². The molecule has 1 aliphatic heterocycles. The zero-order valence-electron chi connectivity index (χ0n) is 14.0. The van der Waals surface area contributed by atoms with Crippen LogP contribution >= 0.6 is 0 Å². The first kappa shape index (κ1) is 17.0. The summed E-state index contributed by atoms with van der Waals surface area (Å²) in [5.41, 5.74) is 2.07. The molecule has 1 amide bonds. The van der Waals surface area contributed by atoms with E-state index in [0.717, 1.165) is 37.4 Å². The molecular formula is C17H30N4O. The number of H-pyrrole nitrogens is 1. The molecule has 1 aromatic rings. The molecule has 2 rings (SSSR count). The molecule has 22 heavy (non-hydrogen) atoms. The maximum atomic E-state index is 12.1. The highest BCUT2D eigenvalue weighted by Gasteiger charge is 2.13. The van der Waals surface area contributed by atoms with E-state index in [-0.39, 0.29) is 11.9 Å². The Morgan fingerprint density at radius 3 is 2.64 bits per heavy atom. The Labute approximate surface area is 133 Å². The predicted molar refractivity (Wildman–Crippen MR) is 88.8 cm³/mol. The van der Waals surface area contributed by atoms with Crippen LogP contribution in [0.1, 0.15) is 56.8 Å². The number of hydrogen-bond acceptors (Lipinski definition) is 3. The van der Waals surface area contributed by atoms with Crippen molar-refractivity contribution in [3.05, 3.63) is 17.5 Å². The van der Waals surface area contributed by atoms with E-state index in [1.165, 1.54) is 32.1 Å². The Morgan fingerprint density at radius 2 is 2.00 bits per heavy atom. The fourth-order valence-electron chi connectivity index (χ4n) is 3.09. The van der Waals surface area contributed by atoms with Crippen molar-refractivity contribution in [2.75, 3.05) is 19.6 Å². The number of nitrogens with one attached hydrogen (secondary N) is 2. The maximum absolute atomic E-state index is 12.1. The van der Waals surface area contributed by atoms with Crippen molar-refractivity contribution >= 4 is 5.91 Å². The van der Waals surface area contributed by atoms with E-state index >= 15 is 0 Å². The number of likely N-dealkylation sites (tertiary alicyclic amines) is 1. The smallest absolute Gasteiger partial charge is 0.221 e. The van der Waals surface area contributed by atoms with E-state index in [1.807, 2.05) is 19.9 Å². The third kappa shape index (κ3) is 6.18.